The first-order valence-corrected chi connectivity index (χ1v) is 13.9. The molecule has 2 fully saturated rings. The number of hydrogen-bond acceptors (Lipinski definition) is 4. The van der Waals surface area contributed by atoms with E-state index in [0.29, 0.717) is 12.0 Å². The number of nitrogens with one attached hydrogen (secondary N) is 1. The van der Waals surface area contributed by atoms with Crippen molar-refractivity contribution in [1.29, 1.82) is 0 Å². The zero-order chi connectivity index (χ0) is 24.0. The quantitative estimate of drug-likeness (QED) is 0.660. The molecule has 0 spiro atoms. The molecule has 0 radical (unpaired) electrons. The van der Waals surface area contributed by atoms with E-state index in [1.165, 1.54) is 24.3 Å². The van der Waals surface area contributed by atoms with Crippen molar-refractivity contribution in [2.45, 2.75) is 66.6 Å². The summed E-state index contributed by atoms with van der Waals surface area (Å²) in [5.41, 5.74) is 0.0492. The van der Waals surface area contributed by atoms with Crippen LogP contribution in [0.3, 0.4) is 0 Å². The molecular weight excluding hydrogens is 475 g/mol. The monoisotopic (exact) mass is 501 g/mol. The summed E-state index contributed by atoms with van der Waals surface area (Å²) in [6.45, 7) is 0.988. The third-order valence-corrected chi connectivity index (χ3v) is 11.7. The van der Waals surface area contributed by atoms with Gasteiger partial charge in [-0.25, -0.2) is 34.7 Å². The Balaban J connectivity index is 1.86. The topological polar surface area (TPSA) is 80.3 Å². The zero-order valence-corrected chi connectivity index (χ0v) is 19.7. The van der Waals surface area contributed by atoms with Crippen molar-refractivity contribution >= 4 is 19.9 Å². The van der Waals surface area contributed by atoms with E-state index < -0.39 is 54.2 Å². The van der Waals surface area contributed by atoms with Crippen LogP contribution in [0.15, 0.2) is 47.4 Å². The van der Waals surface area contributed by atoms with Crippen LogP contribution in [0.5, 0.6) is 0 Å². The lowest BCUT2D eigenvalue weighted by molar-refractivity contribution is 0.206. The first-order chi connectivity index (χ1) is 15.5. The molecule has 10 heteroatoms. The molecular formula is C23H26F3NO4S2. The van der Waals surface area contributed by atoms with E-state index in [-0.39, 0.29) is 42.1 Å². The van der Waals surface area contributed by atoms with Crippen LogP contribution >= 0.6 is 0 Å². The van der Waals surface area contributed by atoms with Gasteiger partial charge in [0.05, 0.1) is 10.1 Å². The Labute approximate surface area is 192 Å². The number of benzene rings is 2. The van der Waals surface area contributed by atoms with Gasteiger partial charge < -0.3 is 0 Å². The minimum absolute atomic E-state index is 0.0513. The molecule has 0 unspecified atom stereocenters. The predicted octanol–water partition coefficient (Wildman–Crippen LogP) is 4.37. The van der Waals surface area contributed by atoms with E-state index in [0.717, 1.165) is 18.2 Å². The largest absolute Gasteiger partial charge is 0.246 e. The number of sulfone groups is 1. The van der Waals surface area contributed by atoms with Crippen molar-refractivity contribution in [2.24, 2.45) is 5.92 Å². The highest BCUT2D eigenvalue weighted by Gasteiger charge is 2.55. The molecule has 2 aromatic carbocycles. The third-order valence-electron chi connectivity index (χ3n) is 7.12. The van der Waals surface area contributed by atoms with Crippen molar-refractivity contribution in [3.8, 4) is 0 Å². The molecule has 4 atom stereocenters. The average molecular weight is 502 g/mol. The Morgan fingerprint density at radius 3 is 2.45 bits per heavy atom. The van der Waals surface area contributed by atoms with Gasteiger partial charge in [-0.3, -0.25) is 0 Å². The summed E-state index contributed by atoms with van der Waals surface area (Å²) in [6.07, 6.45) is 0.631. The second-order valence-corrected chi connectivity index (χ2v) is 13.2. The Morgan fingerprint density at radius 1 is 1.12 bits per heavy atom. The zero-order valence-electron chi connectivity index (χ0n) is 18.1. The number of fused-ring (bicyclic) bond motifs is 1. The fraction of sp³-hybridized carbons (Fsp3) is 0.478. The normalized spacial score (nSPS) is 29.4. The summed E-state index contributed by atoms with van der Waals surface area (Å²) in [7, 11) is -7.78. The SMILES string of the molecule is CC[C@H]1C[C@H]2C[C@@](c3cc(F)ccc3F)(S(=O)(=O)c3ccc(CF)cc3)CC[C@H]2NS1(=O)=O. The molecule has 0 amide bonds. The van der Waals surface area contributed by atoms with E-state index in [9.17, 15) is 25.6 Å². The fourth-order valence-corrected chi connectivity index (χ4v) is 9.39. The second-order valence-electron chi connectivity index (χ2n) is 8.94. The molecule has 180 valence electrons. The van der Waals surface area contributed by atoms with Crippen LogP contribution in [-0.4, -0.2) is 28.1 Å². The van der Waals surface area contributed by atoms with Gasteiger partial charge in [0.15, 0.2) is 9.84 Å². The molecule has 1 heterocycles. The van der Waals surface area contributed by atoms with Crippen molar-refractivity contribution in [3.63, 3.8) is 0 Å². The molecule has 4 rings (SSSR count). The lowest BCUT2D eigenvalue weighted by atomic mass is 9.72. The summed E-state index contributed by atoms with van der Waals surface area (Å²) in [5, 5.41) is -0.682. The molecule has 1 aliphatic carbocycles. The highest BCUT2D eigenvalue weighted by molar-refractivity contribution is 7.92. The van der Waals surface area contributed by atoms with Gasteiger partial charge in [0.2, 0.25) is 10.0 Å². The van der Waals surface area contributed by atoms with Crippen molar-refractivity contribution < 1.29 is 30.0 Å². The van der Waals surface area contributed by atoms with Gasteiger partial charge in [-0.15, -0.1) is 0 Å². The molecule has 2 aliphatic rings. The summed E-state index contributed by atoms with van der Waals surface area (Å²) in [6, 6.07) is 7.59. The number of hydrogen-bond donors (Lipinski definition) is 1. The van der Waals surface area contributed by atoms with Crippen molar-refractivity contribution in [3.05, 3.63) is 65.2 Å². The van der Waals surface area contributed by atoms with Gasteiger partial charge in [-0.1, -0.05) is 19.1 Å². The lowest BCUT2D eigenvalue weighted by Crippen LogP contribution is -2.57. The van der Waals surface area contributed by atoms with Crippen molar-refractivity contribution in [1.82, 2.24) is 4.72 Å². The predicted molar refractivity (Wildman–Crippen MR) is 118 cm³/mol. The molecule has 1 N–H and O–H groups in total. The standard InChI is InChI=1S/C23H26F3NO4S2/c1-2-18-11-16-13-23(10-9-22(16)27-33(18,30)31,20-12-17(25)5-8-21(20)26)32(28,29)19-6-3-15(14-24)4-7-19/h3-8,12,16,18,22,27H,2,9-11,13-14H2,1H3/t16-,18-,22+,23-/m0/s1. The highest BCUT2D eigenvalue weighted by Crippen LogP contribution is 2.52. The van der Waals surface area contributed by atoms with Gasteiger partial charge >= 0.3 is 0 Å². The summed E-state index contributed by atoms with van der Waals surface area (Å²) < 4.78 is 96.2. The van der Waals surface area contributed by atoms with Gasteiger partial charge in [-0.2, -0.15) is 0 Å². The minimum Gasteiger partial charge on any atom is -0.246 e. The van der Waals surface area contributed by atoms with Crippen LogP contribution in [-0.2, 0) is 31.3 Å². The minimum atomic E-state index is -4.25. The summed E-state index contributed by atoms with van der Waals surface area (Å²) in [4.78, 5) is -0.106. The van der Waals surface area contributed by atoms with Crippen LogP contribution in [0, 0.1) is 17.6 Å². The highest BCUT2D eigenvalue weighted by atomic mass is 32.2. The van der Waals surface area contributed by atoms with E-state index in [4.69, 9.17) is 0 Å². The number of sulfonamides is 1. The van der Waals surface area contributed by atoms with E-state index in [1.54, 1.807) is 6.92 Å². The Hall–Kier alpha value is -1.91. The molecule has 1 saturated carbocycles. The Kier molecular flexibility index (Phi) is 6.39. The molecule has 2 aromatic rings. The van der Waals surface area contributed by atoms with E-state index in [1.807, 2.05) is 0 Å². The van der Waals surface area contributed by atoms with Crippen LogP contribution in [0.1, 0.15) is 50.2 Å². The second kappa shape index (κ2) is 8.70. The summed E-state index contributed by atoms with van der Waals surface area (Å²) in [5.74, 6) is -1.95. The number of rotatable bonds is 5. The van der Waals surface area contributed by atoms with Crippen LogP contribution < -0.4 is 4.72 Å². The maximum absolute atomic E-state index is 15.1. The van der Waals surface area contributed by atoms with Crippen molar-refractivity contribution in [2.75, 3.05) is 0 Å². The molecule has 5 nitrogen and oxygen atoms in total. The number of alkyl halides is 1. The first-order valence-electron chi connectivity index (χ1n) is 10.9. The van der Waals surface area contributed by atoms with Gasteiger partial charge in [0, 0.05) is 11.6 Å². The molecule has 1 saturated heterocycles. The maximum Gasteiger partial charge on any atom is 0.214 e. The van der Waals surface area contributed by atoms with E-state index >= 15 is 4.39 Å². The first kappa shape index (κ1) is 24.2. The fourth-order valence-electron chi connectivity index (χ4n) is 5.32. The molecule has 1 aliphatic heterocycles. The Morgan fingerprint density at radius 2 is 1.82 bits per heavy atom. The third kappa shape index (κ3) is 4.10. The molecule has 0 aromatic heterocycles. The smallest absolute Gasteiger partial charge is 0.214 e. The molecule has 0 bridgehead atoms. The van der Waals surface area contributed by atoms with Gasteiger partial charge in [-0.05, 0) is 73.9 Å². The lowest BCUT2D eigenvalue weighted by Gasteiger charge is -2.47. The van der Waals surface area contributed by atoms with Crippen LogP contribution in [0.4, 0.5) is 13.2 Å². The summed E-state index contributed by atoms with van der Waals surface area (Å²) >= 11 is 0. The number of halogens is 3. The van der Waals surface area contributed by atoms with Crippen LogP contribution in [0.25, 0.3) is 0 Å². The maximum atomic E-state index is 15.1. The van der Waals surface area contributed by atoms with E-state index in [2.05, 4.69) is 4.72 Å². The average Bonchev–Trinajstić information content (AvgIpc) is 2.79. The van der Waals surface area contributed by atoms with Gasteiger partial charge in [0.1, 0.15) is 23.1 Å². The molecule has 33 heavy (non-hydrogen) atoms. The van der Waals surface area contributed by atoms with Gasteiger partial charge in [0.25, 0.3) is 0 Å². The van der Waals surface area contributed by atoms with Crippen LogP contribution in [0.2, 0.25) is 0 Å². The Bertz CT molecular complexity index is 1250.